The van der Waals surface area contributed by atoms with Crippen molar-refractivity contribution in [1.82, 2.24) is 9.38 Å². The van der Waals surface area contributed by atoms with E-state index in [1.54, 1.807) is 12.3 Å². The number of pyridine rings is 1. The summed E-state index contributed by atoms with van der Waals surface area (Å²) >= 11 is 0. The van der Waals surface area contributed by atoms with Gasteiger partial charge in [-0.25, -0.2) is 4.98 Å². The maximum atomic E-state index is 12.1. The van der Waals surface area contributed by atoms with E-state index in [9.17, 15) is 9.59 Å². The summed E-state index contributed by atoms with van der Waals surface area (Å²) in [7, 11) is 0. The van der Waals surface area contributed by atoms with Gasteiger partial charge in [-0.1, -0.05) is 37.3 Å². The van der Waals surface area contributed by atoms with Gasteiger partial charge in [0.2, 0.25) is 0 Å². The van der Waals surface area contributed by atoms with E-state index in [1.165, 1.54) is 16.0 Å². The average Bonchev–Trinajstić information content (AvgIpc) is 2.65. The fourth-order valence-corrected chi connectivity index (χ4v) is 2.75. The number of hydrogen-bond donors (Lipinski definition) is 0. The monoisotopic (exact) mass is 350 g/mol. The lowest BCUT2D eigenvalue weighted by atomic mass is 10.1. The molecule has 0 bridgehead atoms. The molecule has 0 saturated heterocycles. The highest BCUT2D eigenvalue weighted by molar-refractivity contribution is 5.69. The summed E-state index contributed by atoms with van der Waals surface area (Å²) in [5.41, 5.74) is 4.19. The number of nitrogens with zero attached hydrogens (tertiary/aromatic N) is 2. The van der Waals surface area contributed by atoms with E-state index in [4.69, 9.17) is 4.74 Å². The Labute approximate surface area is 152 Å². The topological polar surface area (TPSA) is 60.7 Å². The van der Waals surface area contributed by atoms with Crippen LogP contribution in [0.1, 0.15) is 35.7 Å². The van der Waals surface area contributed by atoms with Crippen LogP contribution in [-0.2, 0) is 29.0 Å². The Hall–Kier alpha value is -2.95. The zero-order valence-corrected chi connectivity index (χ0v) is 15.1. The zero-order valence-electron chi connectivity index (χ0n) is 15.1. The van der Waals surface area contributed by atoms with Crippen molar-refractivity contribution in [1.29, 1.82) is 0 Å². The first-order valence-electron chi connectivity index (χ1n) is 8.77. The molecule has 5 nitrogen and oxygen atoms in total. The highest BCUT2D eigenvalue weighted by Crippen LogP contribution is 2.09. The minimum atomic E-state index is -0.296. The van der Waals surface area contributed by atoms with E-state index >= 15 is 0 Å². The van der Waals surface area contributed by atoms with Crippen molar-refractivity contribution >= 4 is 11.6 Å². The molecule has 3 rings (SSSR count). The summed E-state index contributed by atoms with van der Waals surface area (Å²) < 4.78 is 6.76. The fourth-order valence-electron chi connectivity index (χ4n) is 2.75. The second-order valence-electron chi connectivity index (χ2n) is 6.35. The van der Waals surface area contributed by atoms with E-state index < -0.39 is 0 Å². The van der Waals surface area contributed by atoms with E-state index in [1.807, 2.05) is 25.1 Å². The van der Waals surface area contributed by atoms with Crippen LogP contribution in [0.4, 0.5) is 0 Å². The third-order valence-electron chi connectivity index (χ3n) is 4.29. The third-order valence-corrected chi connectivity index (χ3v) is 4.29. The van der Waals surface area contributed by atoms with Crippen molar-refractivity contribution in [2.45, 2.75) is 39.7 Å². The van der Waals surface area contributed by atoms with Crippen LogP contribution in [0.2, 0.25) is 0 Å². The minimum absolute atomic E-state index is 0.00716. The number of carbonyl (C=O) groups is 1. The predicted octanol–water partition coefficient (Wildman–Crippen LogP) is 3.24. The first-order chi connectivity index (χ1) is 12.5. The number of benzene rings is 1. The fraction of sp³-hybridized carbons (Fsp3) is 0.286. The molecule has 0 radical (unpaired) electrons. The van der Waals surface area contributed by atoms with Gasteiger partial charge in [-0.15, -0.1) is 0 Å². The Morgan fingerprint density at radius 2 is 1.85 bits per heavy atom. The molecule has 0 spiro atoms. The zero-order chi connectivity index (χ0) is 18.5. The van der Waals surface area contributed by atoms with Crippen LogP contribution in [0.15, 0.2) is 53.5 Å². The maximum Gasteiger partial charge on any atom is 0.306 e. The summed E-state index contributed by atoms with van der Waals surface area (Å²) in [5, 5.41) is 0. The summed E-state index contributed by atoms with van der Waals surface area (Å²) in [4.78, 5) is 28.5. The average molecular weight is 350 g/mol. The Kier molecular flexibility index (Phi) is 5.46. The van der Waals surface area contributed by atoms with E-state index in [-0.39, 0.29) is 18.1 Å². The van der Waals surface area contributed by atoms with Crippen LogP contribution in [-0.4, -0.2) is 15.4 Å². The third kappa shape index (κ3) is 4.36. The van der Waals surface area contributed by atoms with Gasteiger partial charge in [-0.3, -0.25) is 14.0 Å². The molecule has 0 saturated carbocycles. The predicted molar refractivity (Wildman–Crippen MR) is 100 cm³/mol. The van der Waals surface area contributed by atoms with Gasteiger partial charge in [0.15, 0.2) is 0 Å². The number of esters is 1. The van der Waals surface area contributed by atoms with Crippen LogP contribution in [0, 0.1) is 6.92 Å². The molecule has 2 heterocycles. The number of carbonyl (C=O) groups excluding carboxylic acids is 1. The number of hydrogen-bond acceptors (Lipinski definition) is 4. The smallest absolute Gasteiger partial charge is 0.306 e. The maximum absolute atomic E-state index is 12.1. The standard InChI is InChI=1S/C21H22N2O3/c1-3-16-5-7-17(8-6-16)9-11-21(25)26-14-18-12-20(24)23-13-15(2)4-10-19(23)22-18/h4-8,10,12-13H,3,9,11,14H2,1-2H3. The van der Waals surface area contributed by atoms with Crippen LogP contribution in [0.3, 0.4) is 0 Å². The van der Waals surface area contributed by atoms with Gasteiger partial charge >= 0.3 is 5.97 Å². The molecule has 0 unspecified atom stereocenters. The molecule has 0 aliphatic heterocycles. The summed E-state index contributed by atoms with van der Waals surface area (Å²) in [5.74, 6) is -0.296. The Bertz CT molecular complexity index is 975. The summed E-state index contributed by atoms with van der Waals surface area (Å²) in [6.45, 7) is 4.03. The molecular weight excluding hydrogens is 328 g/mol. The minimum Gasteiger partial charge on any atom is -0.459 e. The molecule has 5 heteroatoms. The highest BCUT2D eigenvalue weighted by atomic mass is 16.5. The first kappa shape index (κ1) is 17.9. The van der Waals surface area contributed by atoms with Crippen LogP contribution in [0.5, 0.6) is 0 Å². The van der Waals surface area contributed by atoms with Crippen molar-refractivity contribution in [3.8, 4) is 0 Å². The molecule has 2 aromatic heterocycles. The molecule has 1 aromatic carbocycles. The Morgan fingerprint density at radius 3 is 2.58 bits per heavy atom. The molecule has 26 heavy (non-hydrogen) atoms. The highest BCUT2D eigenvalue weighted by Gasteiger charge is 2.07. The molecule has 0 aliphatic carbocycles. The molecule has 0 atom stereocenters. The van der Waals surface area contributed by atoms with Gasteiger partial charge in [0.25, 0.3) is 5.56 Å². The van der Waals surface area contributed by atoms with Crippen molar-refractivity contribution in [3.63, 3.8) is 0 Å². The van der Waals surface area contributed by atoms with Gasteiger partial charge in [0.1, 0.15) is 12.3 Å². The number of fused-ring (bicyclic) bond motifs is 1. The SMILES string of the molecule is CCc1ccc(CCC(=O)OCc2cc(=O)n3cc(C)ccc3n2)cc1. The van der Waals surface area contributed by atoms with Crippen LogP contribution < -0.4 is 5.56 Å². The van der Waals surface area contributed by atoms with Crippen molar-refractivity contribution in [2.75, 3.05) is 0 Å². The second kappa shape index (κ2) is 7.95. The Morgan fingerprint density at radius 1 is 1.12 bits per heavy atom. The van der Waals surface area contributed by atoms with Crippen molar-refractivity contribution in [3.05, 3.63) is 81.4 Å². The van der Waals surface area contributed by atoms with E-state index in [0.29, 0.717) is 24.2 Å². The summed E-state index contributed by atoms with van der Waals surface area (Å²) in [6.07, 6.45) is 3.68. The largest absolute Gasteiger partial charge is 0.459 e. The number of rotatable bonds is 6. The number of aromatic nitrogens is 2. The lowest BCUT2D eigenvalue weighted by Gasteiger charge is -2.07. The van der Waals surface area contributed by atoms with Crippen molar-refractivity contribution in [2.24, 2.45) is 0 Å². The lowest BCUT2D eigenvalue weighted by Crippen LogP contribution is -2.17. The van der Waals surface area contributed by atoms with E-state index in [2.05, 4.69) is 24.0 Å². The molecule has 0 N–H and O–H groups in total. The quantitative estimate of drug-likeness (QED) is 0.640. The van der Waals surface area contributed by atoms with Crippen LogP contribution >= 0.6 is 0 Å². The van der Waals surface area contributed by atoms with Gasteiger partial charge < -0.3 is 4.74 Å². The molecule has 134 valence electrons. The molecular formula is C21H22N2O3. The Balaban J connectivity index is 1.58. The number of aryl methyl sites for hydroxylation is 3. The van der Waals surface area contributed by atoms with Gasteiger partial charge in [0.05, 0.1) is 5.69 Å². The van der Waals surface area contributed by atoms with Crippen LogP contribution in [0.25, 0.3) is 5.65 Å². The molecule has 0 aliphatic rings. The van der Waals surface area contributed by atoms with Crippen molar-refractivity contribution < 1.29 is 9.53 Å². The van der Waals surface area contributed by atoms with Gasteiger partial charge in [-0.05, 0) is 42.5 Å². The second-order valence-corrected chi connectivity index (χ2v) is 6.35. The van der Waals surface area contributed by atoms with Gasteiger partial charge in [-0.2, -0.15) is 0 Å². The molecule has 0 amide bonds. The summed E-state index contributed by atoms with van der Waals surface area (Å²) in [6, 6.07) is 13.3. The lowest BCUT2D eigenvalue weighted by molar-refractivity contribution is -0.145. The van der Waals surface area contributed by atoms with Gasteiger partial charge in [0, 0.05) is 18.7 Å². The first-order valence-corrected chi connectivity index (χ1v) is 8.77. The van der Waals surface area contributed by atoms with E-state index in [0.717, 1.165) is 17.5 Å². The molecule has 3 aromatic rings. The normalized spacial score (nSPS) is 10.8. The number of ether oxygens (including phenoxy) is 1. The molecule has 0 fully saturated rings.